The van der Waals surface area contributed by atoms with E-state index in [2.05, 4.69) is 21.2 Å². The highest BCUT2D eigenvalue weighted by atomic mass is 79.9. The summed E-state index contributed by atoms with van der Waals surface area (Å²) < 4.78 is 0. The third-order valence-electron chi connectivity index (χ3n) is 1.80. The molecular formula is C10H12BrNO2. The van der Waals surface area contributed by atoms with Crippen LogP contribution in [0.5, 0.6) is 5.75 Å². The second kappa shape index (κ2) is 5.00. The summed E-state index contributed by atoms with van der Waals surface area (Å²) in [6.07, 6.45) is 0.708. The number of amides is 1. The highest BCUT2D eigenvalue weighted by Crippen LogP contribution is 2.22. The molecule has 0 aromatic heterocycles. The van der Waals surface area contributed by atoms with Crippen LogP contribution in [0.25, 0.3) is 0 Å². The molecule has 1 atom stereocenters. The molecule has 0 bridgehead atoms. The van der Waals surface area contributed by atoms with E-state index in [9.17, 15) is 9.90 Å². The van der Waals surface area contributed by atoms with Crippen LogP contribution in [-0.4, -0.2) is 15.8 Å². The molecule has 76 valence electrons. The van der Waals surface area contributed by atoms with Crippen molar-refractivity contribution in [3.63, 3.8) is 0 Å². The molecule has 0 radical (unpaired) electrons. The molecule has 0 aliphatic carbocycles. The molecule has 1 amide bonds. The van der Waals surface area contributed by atoms with Gasteiger partial charge >= 0.3 is 0 Å². The number of anilines is 1. The quantitative estimate of drug-likeness (QED) is 0.646. The van der Waals surface area contributed by atoms with Crippen LogP contribution in [0, 0.1) is 0 Å². The summed E-state index contributed by atoms with van der Waals surface area (Å²) >= 11 is 3.23. The molecule has 3 nitrogen and oxygen atoms in total. The number of nitrogens with one attached hydrogen (secondary N) is 1. The number of phenols is 1. The van der Waals surface area contributed by atoms with Crippen LogP contribution in [0.15, 0.2) is 24.3 Å². The Morgan fingerprint density at radius 3 is 2.79 bits per heavy atom. The summed E-state index contributed by atoms with van der Waals surface area (Å²) in [7, 11) is 0. The molecule has 2 N–H and O–H groups in total. The Morgan fingerprint density at radius 2 is 2.21 bits per heavy atom. The number of halogens is 1. The van der Waals surface area contributed by atoms with Crippen molar-refractivity contribution in [1.29, 1.82) is 0 Å². The van der Waals surface area contributed by atoms with Crippen LogP contribution in [-0.2, 0) is 4.79 Å². The summed E-state index contributed by atoms with van der Waals surface area (Å²) in [5.74, 6) is -0.0642. The second-order valence-electron chi connectivity index (χ2n) is 2.88. The van der Waals surface area contributed by atoms with E-state index < -0.39 is 0 Å². The number of para-hydroxylation sites is 2. The molecule has 0 spiro atoms. The molecule has 1 aromatic carbocycles. The first kappa shape index (κ1) is 11.0. The van der Waals surface area contributed by atoms with Crippen molar-refractivity contribution in [3.8, 4) is 5.75 Å². The van der Waals surface area contributed by atoms with Gasteiger partial charge in [-0.1, -0.05) is 35.0 Å². The zero-order chi connectivity index (χ0) is 10.6. The zero-order valence-corrected chi connectivity index (χ0v) is 9.41. The molecule has 0 saturated carbocycles. The van der Waals surface area contributed by atoms with Gasteiger partial charge < -0.3 is 10.4 Å². The van der Waals surface area contributed by atoms with Gasteiger partial charge in [0, 0.05) is 0 Å². The topological polar surface area (TPSA) is 49.3 Å². The molecule has 14 heavy (non-hydrogen) atoms. The lowest BCUT2D eigenvalue weighted by molar-refractivity contribution is -0.115. The van der Waals surface area contributed by atoms with Crippen molar-refractivity contribution in [3.05, 3.63) is 24.3 Å². The maximum absolute atomic E-state index is 11.4. The predicted molar refractivity (Wildman–Crippen MR) is 59.7 cm³/mol. The van der Waals surface area contributed by atoms with E-state index in [0.717, 1.165) is 0 Å². The van der Waals surface area contributed by atoms with Gasteiger partial charge in [-0.2, -0.15) is 0 Å². The number of benzene rings is 1. The molecule has 1 aromatic rings. The average Bonchev–Trinajstić information content (AvgIpc) is 2.20. The van der Waals surface area contributed by atoms with Crippen molar-refractivity contribution in [2.24, 2.45) is 0 Å². The van der Waals surface area contributed by atoms with Crippen LogP contribution in [0.4, 0.5) is 5.69 Å². The second-order valence-corrected chi connectivity index (χ2v) is 3.99. The van der Waals surface area contributed by atoms with E-state index in [0.29, 0.717) is 12.1 Å². The molecule has 0 saturated heterocycles. The molecule has 4 heteroatoms. The monoisotopic (exact) mass is 257 g/mol. The summed E-state index contributed by atoms with van der Waals surface area (Å²) in [6, 6.07) is 6.65. The van der Waals surface area contributed by atoms with Gasteiger partial charge in [0.05, 0.1) is 10.5 Å². The standard InChI is InChI=1S/C10H12BrNO2/c1-2-7(11)10(14)12-8-5-3-4-6-9(8)13/h3-7,13H,2H2,1H3,(H,12,14). The molecule has 0 aliphatic rings. The molecule has 1 unspecified atom stereocenters. The van der Waals surface area contributed by atoms with Gasteiger partial charge in [-0.3, -0.25) is 4.79 Å². The van der Waals surface area contributed by atoms with Crippen molar-refractivity contribution in [1.82, 2.24) is 0 Å². The van der Waals surface area contributed by atoms with Crippen LogP contribution in [0.1, 0.15) is 13.3 Å². The van der Waals surface area contributed by atoms with Gasteiger partial charge in [0.2, 0.25) is 5.91 Å². The first-order valence-electron chi connectivity index (χ1n) is 4.38. The highest BCUT2D eigenvalue weighted by molar-refractivity contribution is 9.10. The Balaban J connectivity index is 2.70. The fourth-order valence-corrected chi connectivity index (χ4v) is 1.09. The first-order valence-corrected chi connectivity index (χ1v) is 5.29. The Morgan fingerprint density at radius 1 is 1.57 bits per heavy atom. The van der Waals surface area contributed by atoms with E-state index in [1.54, 1.807) is 18.2 Å². The Hall–Kier alpha value is -1.03. The smallest absolute Gasteiger partial charge is 0.238 e. The first-order chi connectivity index (χ1) is 6.65. The van der Waals surface area contributed by atoms with Crippen molar-refractivity contribution < 1.29 is 9.90 Å². The van der Waals surface area contributed by atoms with Crippen LogP contribution < -0.4 is 5.32 Å². The molecule has 1 rings (SSSR count). The van der Waals surface area contributed by atoms with Crippen LogP contribution >= 0.6 is 15.9 Å². The minimum atomic E-state index is -0.220. The lowest BCUT2D eigenvalue weighted by atomic mass is 10.2. The Kier molecular flexibility index (Phi) is 3.95. The van der Waals surface area contributed by atoms with E-state index in [1.807, 2.05) is 6.92 Å². The average molecular weight is 258 g/mol. The van der Waals surface area contributed by atoms with E-state index >= 15 is 0 Å². The number of hydrogen-bond acceptors (Lipinski definition) is 2. The van der Waals surface area contributed by atoms with E-state index in [4.69, 9.17) is 0 Å². The normalized spacial score (nSPS) is 12.1. The van der Waals surface area contributed by atoms with E-state index in [-0.39, 0.29) is 16.5 Å². The Bertz CT molecular complexity index is 328. The maximum Gasteiger partial charge on any atom is 0.238 e. The summed E-state index contributed by atoms with van der Waals surface area (Å²) in [5, 5.41) is 12.0. The summed E-state index contributed by atoms with van der Waals surface area (Å²) in [6.45, 7) is 1.91. The van der Waals surface area contributed by atoms with Gasteiger partial charge in [0.1, 0.15) is 5.75 Å². The van der Waals surface area contributed by atoms with Crippen molar-refractivity contribution in [2.75, 3.05) is 5.32 Å². The lowest BCUT2D eigenvalue weighted by Crippen LogP contribution is -2.21. The van der Waals surface area contributed by atoms with Gasteiger partial charge in [-0.15, -0.1) is 0 Å². The van der Waals surface area contributed by atoms with Gasteiger partial charge in [0.15, 0.2) is 0 Å². The largest absolute Gasteiger partial charge is 0.506 e. The minimum absolute atomic E-state index is 0.0802. The fourth-order valence-electron chi connectivity index (χ4n) is 0.976. The number of carbonyl (C=O) groups is 1. The third kappa shape index (κ3) is 2.73. The molecule has 0 aliphatic heterocycles. The van der Waals surface area contributed by atoms with Gasteiger partial charge in [-0.25, -0.2) is 0 Å². The summed E-state index contributed by atoms with van der Waals surface area (Å²) in [4.78, 5) is 11.2. The van der Waals surface area contributed by atoms with Crippen molar-refractivity contribution >= 4 is 27.5 Å². The van der Waals surface area contributed by atoms with Crippen LogP contribution in [0.3, 0.4) is 0 Å². The molecule has 0 heterocycles. The van der Waals surface area contributed by atoms with E-state index in [1.165, 1.54) is 6.07 Å². The molecule has 0 fully saturated rings. The number of hydrogen-bond donors (Lipinski definition) is 2. The lowest BCUT2D eigenvalue weighted by Gasteiger charge is -2.09. The number of alkyl halides is 1. The number of phenolic OH excluding ortho intramolecular Hbond substituents is 1. The predicted octanol–water partition coefficient (Wildman–Crippen LogP) is 2.50. The summed E-state index contributed by atoms with van der Waals surface area (Å²) in [5.41, 5.74) is 0.440. The number of rotatable bonds is 3. The molecular weight excluding hydrogens is 246 g/mol. The fraction of sp³-hybridized carbons (Fsp3) is 0.300. The number of carbonyl (C=O) groups excluding carboxylic acids is 1. The zero-order valence-electron chi connectivity index (χ0n) is 7.83. The highest BCUT2D eigenvalue weighted by Gasteiger charge is 2.13. The maximum atomic E-state index is 11.4. The van der Waals surface area contributed by atoms with Crippen LogP contribution in [0.2, 0.25) is 0 Å². The van der Waals surface area contributed by atoms with Crippen molar-refractivity contribution in [2.45, 2.75) is 18.2 Å². The minimum Gasteiger partial charge on any atom is -0.506 e. The number of aromatic hydroxyl groups is 1. The SMILES string of the molecule is CCC(Br)C(=O)Nc1ccccc1O. The van der Waals surface area contributed by atoms with Gasteiger partial charge in [0.25, 0.3) is 0 Å². The Labute approximate surface area is 91.3 Å². The van der Waals surface area contributed by atoms with Gasteiger partial charge in [-0.05, 0) is 18.6 Å². The third-order valence-corrected chi connectivity index (χ3v) is 2.87.